The van der Waals surface area contributed by atoms with Crippen LogP contribution in [0.5, 0.6) is 11.5 Å². The SMILES string of the molecule is Cc1c(CC(=O)NCCC(=O)OC(=O)CNC(=O)Cc2c(C)n(C(=O)c3ccc(Cl)cc3)c3ccc(O)cc23)c2cc(O)ccc2n1C(=O)c1ccc(Cl)cc1. The molecule has 6 aromatic rings. The van der Waals surface area contributed by atoms with E-state index in [0.717, 1.165) is 0 Å². The fourth-order valence-corrected chi connectivity index (χ4v) is 6.74. The zero-order valence-electron chi connectivity index (χ0n) is 30.0. The number of carbonyl (C=O) groups is 6. The normalized spacial score (nSPS) is 11.1. The molecule has 0 spiro atoms. The Kier molecular flexibility index (Phi) is 11.6. The lowest BCUT2D eigenvalue weighted by Crippen LogP contribution is -2.33. The van der Waals surface area contributed by atoms with Gasteiger partial charge < -0.3 is 25.6 Å². The fraction of sp³-hybridized carbons (Fsp3) is 0.171. The van der Waals surface area contributed by atoms with Crippen molar-refractivity contribution in [2.24, 2.45) is 0 Å². The molecule has 0 fully saturated rings. The second-order valence-electron chi connectivity index (χ2n) is 12.9. The molecule has 0 unspecified atom stereocenters. The predicted molar refractivity (Wildman–Crippen MR) is 208 cm³/mol. The van der Waals surface area contributed by atoms with E-state index >= 15 is 0 Å². The van der Waals surface area contributed by atoms with Crippen molar-refractivity contribution in [1.82, 2.24) is 19.8 Å². The first-order chi connectivity index (χ1) is 26.7. The van der Waals surface area contributed by atoms with Gasteiger partial charge in [0.2, 0.25) is 11.8 Å². The van der Waals surface area contributed by atoms with E-state index in [0.29, 0.717) is 65.5 Å². The molecule has 0 aliphatic rings. The summed E-state index contributed by atoms with van der Waals surface area (Å²) >= 11 is 12.0. The number of halogens is 2. The van der Waals surface area contributed by atoms with E-state index < -0.39 is 30.3 Å². The minimum Gasteiger partial charge on any atom is -0.508 e. The molecular formula is C41H34Cl2N4O9. The smallest absolute Gasteiger partial charge is 0.333 e. The lowest BCUT2D eigenvalue weighted by atomic mass is 10.1. The van der Waals surface area contributed by atoms with Crippen LogP contribution >= 0.6 is 23.2 Å². The van der Waals surface area contributed by atoms with Crippen LogP contribution in [0.3, 0.4) is 0 Å². The molecule has 2 amide bonds. The number of fused-ring (bicyclic) bond motifs is 2. The predicted octanol–water partition coefficient (Wildman–Crippen LogP) is 5.79. The second kappa shape index (κ2) is 16.5. The maximum Gasteiger partial charge on any atom is 0.333 e. The van der Waals surface area contributed by atoms with Crippen LogP contribution in [0.2, 0.25) is 10.0 Å². The van der Waals surface area contributed by atoms with E-state index in [9.17, 15) is 39.0 Å². The molecule has 56 heavy (non-hydrogen) atoms. The van der Waals surface area contributed by atoms with Gasteiger partial charge in [-0.15, -0.1) is 0 Å². The molecule has 2 aromatic heterocycles. The van der Waals surface area contributed by atoms with Crippen LogP contribution in [-0.2, 0) is 36.8 Å². The topological polar surface area (TPSA) is 186 Å². The Morgan fingerprint density at radius 3 is 1.48 bits per heavy atom. The Hall–Kier alpha value is -6.44. The quantitative estimate of drug-likeness (QED) is 0.0931. The third kappa shape index (κ3) is 8.43. The Morgan fingerprint density at radius 1 is 0.607 bits per heavy atom. The highest BCUT2D eigenvalue weighted by atomic mass is 35.5. The van der Waals surface area contributed by atoms with Crippen molar-refractivity contribution in [3.8, 4) is 11.5 Å². The number of ether oxygens (including phenoxy) is 1. The molecule has 4 aromatic carbocycles. The number of hydrogen-bond acceptors (Lipinski definition) is 9. The van der Waals surface area contributed by atoms with Crippen molar-refractivity contribution >= 4 is 80.6 Å². The van der Waals surface area contributed by atoms with Crippen LogP contribution < -0.4 is 10.6 Å². The van der Waals surface area contributed by atoms with Gasteiger partial charge >= 0.3 is 11.9 Å². The van der Waals surface area contributed by atoms with Crippen molar-refractivity contribution in [2.45, 2.75) is 33.1 Å². The van der Waals surface area contributed by atoms with Gasteiger partial charge in [0.1, 0.15) is 18.0 Å². The molecule has 0 saturated carbocycles. The molecule has 0 aliphatic carbocycles. The summed E-state index contributed by atoms with van der Waals surface area (Å²) in [5, 5.41) is 27.2. The number of amides is 2. The van der Waals surface area contributed by atoms with Crippen LogP contribution in [0.4, 0.5) is 0 Å². The molecule has 0 bridgehead atoms. The number of nitrogens with one attached hydrogen (secondary N) is 2. The summed E-state index contributed by atoms with van der Waals surface area (Å²) in [7, 11) is 0. The molecule has 4 N–H and O–H groups in total. The Bertz CT molecular complexity index is 2560. The Balaban J connectivity index is 1.02. The Labute approximate surface area is 329 Å². The van der Waals surface area contributed by atoms with E-state index in [4.69, 9.17) is 27.9 Å². The highest BCUT2D eigenvalue weighted by molar-refractivity contribution is 6.31. The number of hydrogen-bond donors (Lipinski definition) is 4. The third-order valence-electron chi connectivity index (χ3n) is 9.21. The number of carbonyl (C=O) groups excluding carboxylic acids is 6. The standard InChI is InChI=1S/C41H34Cl2N4O9/c1-22-30(32-17-28(48)11-13-34(32)46(22)40(54)24-3-7-26(42)8-4-24)19-36(50)44-16-15-38(52)56-39(53)21-45-37(51)20-31-23(2)47(35-14-12-29(49)18-33(31)35)41(55)25-5-9-27(43)10-6-25/h3-14,17-18,48-49H,15-16,19-21H2,1-2H3,(H,44,50)(H,45,51). The van der Waals surface area contributed by atoms with E-state index in [1.54, 1.807) is 74.5 Å². The molecule has 2 heterocycles. The number of nitrogens with zero attached hydrogens (tertiary/aromatic N) is 2. The maximum absolute atomic E-state index is 13.5. The molecule has 0 radical (unpaired) electrons. The van der Waals surface area contributed by atoms with Gasteiger partial charge in [-0.05, 0) is 110 Å². The maximum atomic E-state index is 13.5. The summed E-state index contributed by atoms with van der Waals surface area (Å²) in [6.45, 7) is 2.54. The molecule has 6 rings (SSSR count). The van der Waals surface area contributed by atoms with E-state index in [-0.39, 0.29) is 49.1 Å². The highest BCUT2D eigenvalue weighted by Crippen LogP contribution is 2.32. The number of esters is 2. The lowest BCUT2D eigenvalue weighted by molar-refractivity contribution is -0.159. The fourth-order valence-electron chi connectivity index (χ4n) is 6.49. The third-order valence-corrected chi connectivity index (χ3v) is 9.71. The van der Waals surface area contributed by atoms with Gasteiger partial charge in [-0.2, -0.15) is 0 Å². The van der Waals surface area contributed by atoms with Crippen LogP contribution in [0.15, 0.2) is 84.9 Å². The summed E-state index contributed by atoms with van der Waals surface area (Å²) in [4.78, 5) is 77.7. The first-order valence-corrected chi connectivity index (χ1v) is 18.0. The molecule has 0 atom stereocenters. The van der Waals surface area contributed by atoms with Crippen molar-refractivity contribution in [1.29, 1.82) is 0 Å². The average Bonchev–Trinajstić information content (AvgIpc) is 3.58. The summed E-state index contributed by atoms with van der Waals surface area (Å²) in [6.07, 6.45) is -0.793. The highest BCUT2D eigenvalue weighted by Gasteiger charge is 2.24. The minimum atomic E-state index is -1.03. The summed E-state index contributed by atoms with van der Waals surface area (Å²) in [5.41, 5.74) is 3.55. The van der Waals surface area contributed by atoms with Crippen LogP contribution in [0.25, 0.3) is 21.8 Å². The molecule has 15 heteroatoms. The summed E-state index contributed by atoms with van der Waals surface area (Å²) in [6, 6.07) is 21.6. The molecular weight excluding hydrogens is 763 g/mol. The number of benzene rings is 4. The number of aromatic hydroxyl groups is 2. The number of rotatable bonds is 11. The first kappa shape index (κ1) is 39.3. The van der Waals surface area contributed by atoms with Crippen molar-refractivity contribution in [3.63, 3.8) is 0 Å². The zero-order chi connectivity index (χ0) is 40.3. The van der Waals surface area contributed by atoms with Gasteiger partial charge in [0.05, 0.1) is 30.3 Å². The molecule has 0 saturated heterocycles. The van der Waals surface area contributed by atoms with Crippen LogP contribution in [0.1, 0.15) is 49.7 Å². The second-order valence-corrected chi connectivity index (χ2v) is 13.8. The Morgan fingerprint density at radius 2 is 1.04 bits per heavy atom. The van der Waals surface area contributed by atoms with Gasteiger partial charge in [0.15, 0.2) is 0 Å². The lowest BCUT2D eigenvalue weighted by Gasteiger charge is -2.09. The molecule has 286 valence electrons. The number of phenolic OH excluding ortho intramolecular Hbond substituents is 2. The largest absolute Gasteiger partial charge is 0.508 e. The van der Waals surface area contributed by atoms with E-state index in [1.165, 1.54) is 33.4 Å². The van der Waals surface area contributed by atoms with Gasteiger partial charge in [-0.25, -0.2) is 4.79 Å². The number of phenols is 2. The van der Waals surface area contributed by atoms with Crippen molar-refractivity contribution < 1.29 is 43.7 Å². The molecule has 0 aliphatic heterocycles. The molecule has 13 nitrogen and oxygen atoms in total. The van der Waals surface area contributed by atoms with Crippen molar-refractivity contribution in [2.75, 3.05) is 13.1 Å². The zero-order valence-corrected chi connectivity index (χ0v) is 31.5. The van der Waals surface area contributed by atoms with Gasteiger partial charge in [-0.1, -0.05) is 23.2 Å². The average molecular weight is 798 g/mol. The summed E-state index contributed by atoms with van der Waals surface area (Å²) in [5.74, 6) is -3.91. The number of aromatic nitrogens is 2. The first-order valence-electron chi connectivity index (χ1n) is 17.2. The minimum absolute atomic E-state index is 0.0522. The monoisotopic (exact) mass is 796 g/mol. The van der Waals surface area contributed by atoms with Crippen LogP contribution in [0, 0.1) is 13.8 Å². The van der Waals surface area contributed by atoms with Gasteiger partial charge in [-0.3, -0.25) is 33.1 Å². The van der Waals surface area contributed by atoms with Gasteiger partial charge in [0.25, 0.3) is 11.8 Å². The van der Waals surface area contributed by atoms with E-state index in [1.807, 2.05) is 0 Å². The van der Waals surface area contributed by atoms with Crippen LogP contribution in [-0.4, -0.2) is 68.0 Å². The summed E-state index contributed by atoms with van der Waals surface area (Å²) < 4.78 is 7.70. The van der Waals surface area contributed by atoms with Gasteiger partial charge in [0, 0.05) is 49.9 Å². The van der Waals surface area contributed by atoms with Crippen molar-refractivity contribution in [3.05, 3.63) is 129 Å². The van der Waals surface area contributed by atoms with E-state index in [2.05, 4.69) is 10.6 Å².